The van der Waals surface area contributed by atoms with E-state index in [1.165, 1.54) is 0 Å². The molecule has 0 N–H and O–H groups in total. The zero-order valence-corrected chi connectivity index (χ0v) is 11.6. The zero-order chi connectivity index (χ0) is 12.4. The van der Waals surface area contributed by atoms with E-state index in [2.05, 4.69) is 39.9 Å². The van der Waals surface area contributed by atoms with Gasteiger partial charge in [0.1, 0.15) is 0 Å². The summed E-state index contributed by atoms with van der Waals surface area (Å²) < 4.78 is 8.34. The number of hydrogen-bond donors (Lipinski definition) is 0. The van der Waals surface area contributed by atoms with Gasteiger partial charge in [0.15, 0.2) is 5.75 Å². The molecule has 2 heterocycles. The highest BCUT2D eigenvalue weighted by Gasteiger charge is 2.07. The van der Waals surface area contributed by atoms with Crippen LogP contribution in [0.1, 0.15) is 25.5 Å². The van der Waals surface area contributed by atoms with E-state index in [1.54, 1.807) is 12.4 Å². The van der Waals surface area contributed by atoms with E-state index in [1.807, 2.05) is 23.9 Å². The van der Waals surface area contributed by atoms with Gasteiger partial charge in [0.05, 0.1) is 16.9 Å². The third-order valence-corrected chi connectivity index (χ3v) is 2.83. The molecule has 2 rings (SSSR count). The van der Waals surface area contributed by atoms with Gasteiger partial charge < -0.3 is 4.74 Å². The molecule has 0 aliphatic heterocycles. The monoisotopic (exact) mass is 295 g/mol. The third-order valence-electron chi connectivity index (χ3n) is 2.27. The summed E-state index contributed by atoms with van der Waals surface area (Å²) >= 11 is 3.43. The predicted molar refractivity (Wildman–Crippen MR) is 69.4 cm³/mol. The molecular formula is C12H14BrN3O. The van der Waals surface area contributed by atoms with Crippen LogP contribution in [0.15, 0.2) is 29.1 Å². The maximum absolute atomic E-state index is 5.65. The van der Waals surface area contributed by atoms with E-state index in [4.69, 9.17) is 4.74 Å². The number of aromatic nitrogens is 3. The standard InChI is InChI=1S/C12H14BrN3O/c1-8(2)16-7-10(6-15-16)17-12-11(13)4-9(3)5-14-12/h4-8H,1-3H3. The van der Waals surface area contributed by atoms with E-state index in [-0.39, 0.29) is 0 Å². The number of ether oxygens (including phenoxy) is 1. The van der Waals surface area contributed by atoms with Gasteiger partial charge in [-0.3, -0.25) is 4.68 Å². The van der Waals surface area contributed by atoms with Gasteiger partial charge in [-0.1, -0.05) is 0 Å². The largest absolute Gasteiger partial charge is 0.435 e. The Labute approximate surface area is 109 Å². The molecule has 0 aliphatic rings. The lowest BCUT2D eigenvalue weighted by molar-refractivity contribution is 0.455. The molecule has 4 nitrogen and oxygen atoms in total. The fourth-order valence-electron chi connectivity index (χ4n) is 1.36. The first-order valence-corrected chi connectivity index (χ1v) is 6.19. The van der Waals surface area contributed by atoms with Crippen molar-refractivity contribution >= 4 is 15.9 Å². The van der Waals surface area contributed by atoms with Crippen molar-refractivity contribution in [3.8, 4) is 11.6 Å². The highest BCUT2D eigenvalue weighted by atomic mass is 79.9. The molecule has 90 valence electrons. The fourth-order valence-corrected chi connectivity index (χ4v) is 1.91. The van der Waals surface area contributed by atoms with Gasteiger partial charge in [-0.05, 0) is 48.3 Å². The maximum atomic E-state index is 5.65. The van der Waals surface area contributed by atoms with Crippen LogP contribution in [0.3, 0.4) is 0 Å². The van der Waals surface area contributed by atoms with E-state index >= 15 is 0 Å². The fraction of sp³-hybridized carbons (Fsp3) is 0.333. The van der Waals surface area contributed by atoms with Gasteiger partial charge >= 0.3 is 0 Å². The number of pyridine rings is 1. The minimum Gasteiger partial charge on any atom is -0.435 e. The summed E-state index contributed by atoms with van der Waals surface area (Å²) in [7, 11) is 0. The molecule has 0 atom stereocenters. The quantitative estimate of drug-likeness (QED) is 0.866. The highest BCUT2D eigenvalue weighted by Crippen LogP contribution is 2.27. The number of aryl methyl sites for hydroxylation is 1. The average Bonchev–Trinajstić information content (AvgIpc) is 2.71. The first-order chi connectivity index (χ1) is 8.06. The van der Waals surface area contributed by atoms with Gasteiger partial charge in [-0.25, -0.2) is 4.98 Å². The lowest BCUT2D eigenvalue weighted by Gasteiger charge is -2.05. The molecule has 0 fully saturated rings. The first-order valence-electron chi connectivity index (χ1n) is 5.40. The van der Waals surface area contributed by atoms with Crippen LogP contribution in [-0.4, -0.2) is 14.8 Å². The van der Waals surface area contributed by atoms with Gasteiger partial charge in [0.25, 0.3) is 0 Å². The Morgan fingerprint density at radius 2 is 2.12 bits per heavy atom. The van der Waals surface area contributed by atoms with E-state index in [9.17, 15) is 0 Å². The Balaban J connectivity index is 2.19. The summed E-state index contributed by atoms with van der Waals surface area (Å²) in [5.74, 6) is 1.25. The van der Waals surface area contributed by atoms with Gasteiger partial charge in [-0.15, -0.1) is 0 Å². The van der Waals surface area contributed by atoms with Crippen molar-refractivity contribution in [2.24, 2.45) is 0 Å². The Hall–Kier alpha value is -1.36. The molecule has 0 unspecified atom stereocenters. The molecule has 5 heteroatoms. The molecule has 0 saturated carbocycles. The summed E-state index contributed by atoms with van der Waals surface area (Å²) in [6, 6.07) is 2.29. The van der Waals surface area contributed by atoms with E-state index < -0.39 is 0 Å². The van der Waals surface area contributed by atoms with Crippen LogP contribution in [-0.2, 0) is 0 Å². The molecule has 0 radical (unpaired) electrons. The van der Waals surface area contributed by atoms with Crippen molar-refractivity contribution in [2.45, 2.75) is 26.8 Å². The second-order valence-corrected chi connectivity index (χ2v) is 5.01. The van der Waals surface area contributed by atoms with Crippen LogP contribution in [0, 0.1) is 6.92 Å². The normalized spacial score (nSPS) is 10.9. The molecule has 2 aromatic heterocycles. The minimum absolute atomic E-state index is 0.321. The smallest absolute Gasteiger partial charge is 0.233 e. The van der Waals surface area contributed by atoms with Crippen LogP contribution in [0.5, 0.6) is 11.6 Å². The predicted octanol–water partition coefficient (Wildman–Crippen LogP) is 3.72. The van der Waals surface area contributed by atoms with Crippen molar-refractivity contribution in [3.05, 3.63) is 34.7 Å². The number of rotatable bonds is 3. The maximum Gasteiger partial charge on any atom is 0.233 e. The molecule has 0 saturated heterocycles. The van der Waals surface area contributed by atoms with Crippen LogP contribution in [0.2, 0.25) is 0 Å². The molecule has 0 bridgehead atoms. The summed E-state index contributed by atoms with van der Waals surface area (Å²) in [4.78, 5) is 4.22. The van der Waals surface area contributed by atoms with E-state index in [0.29, 0.717) is 17.7 Å². The summed E-state index contributed by atoms with van der Waals surface area (Å²) in [6.45, 7) is 6.12. The Morgan fingerprint density at radius 3 is 2.71 bits per heavy atom. The second-order valence-electron chi connectivity index (χ2n) is 4.15. The van der Waals surface area contributed by atoms with Crippen molar-refractivity contribution in [1.29, 1.82) is 0 Å². The van der Waals surface area contributed by atoms with Crippen molar-refractivity contribution in [1.82, 2.24) is 14.8 Å². The van der Waals surface area contributed by atoms with Gasteiger partial charge in [0.2, 0.25) is 5.88 Å². The van der Waals surface area contributed by atoms with Crippen LogP contribution in [0.4, 0.5) is 0 Å². The molecule has 0 aliphatic carbocycles. The van der Waals surface area contributed by atoms with Crippen molar-refractivity contribution in [3.63, 3.8) is 0 Å². The third kappa shape index (κ3) is 2.85. The minimum atomic E-state index is 0.321. The Bertz CT molecular complexity index is 522. The average molecular weight is 296 g/mol. The molecule has 17 heavy (non-hydrogen) atoms. The number of nitrogens with zero attached hydrogens (tertiary/aromatic N) is 3. The lowest BCUT2D eigenvalue weighted by Crippen LogP contribution is -1.99. The first kappa shape index (κ1) is 12.1. The SMILES string of the molecule is Cc1cnc(Oc2cnn(C(C)C)c2)c(Br)c1. The summed E-state index contributed by atoms with van der Waals surface area (Å²) in [6.07, 6.45) is 5.32. The van der Waals surface area contributed by atoms with Crippen LogP contribution < -0.4 is 4.74 Å². The highest BCUT2D eigenvalue weighted by molar-refractivity contribution is 9.10. The molecular weight excluding hydrogens is 282 g/mol. The Kier molecular flexibility index (Phi) is 3.47. The summed E-state index contributed by atoms with van der Waals surface area (Å²) in [5, 5.41) is 4.21. The molecule has 0 spiro atoms. The molecule has 2 aromatic rings. The van der Waals surface area contributed by atoms with Gasteiger partial charge in [-0.2, -0.15) is 5.10 Å². The molecule has 0 amide bonds. The molecule has 0 aromatic carbocycles. The zero-order valence-electron chi connectivity index (χ0n) is 10.0. The number of hydrogen-bond acceptors (Lipinski definition) is 3. The van der Waals surface area contributed by atoms with Crippen molar-refractivity contribution in [2.75, 3.05) is 0 Å². The number of halogens is 1. The van der Waals surface area contributed by atoms with E-state index in [0.717, 1.165) is 10.0 Å². The topological polar surface area (TPSA) is 39.9 Å². The lowest BCUT2D eigenvalue weighted by atomic mass is 10.3. The van der Waals surface area contributed by atoms with Crippen molar-refractivity contribution < 1.29 is 4.74 Å². The Morgan fingerprint density at radius 1 is 1.35 bits per heavy atom. The second kappa shape index (κ2) is 4.87. The summed E-state index contributed by atoms with van der Waals surface area (Å²) in [5.41, 5.74) is 1.09. The van der Waals surface area contributed by atoms with Crippen LogP contribution >= 0.6 is 15.9 Å². The van der Waals surface area contributed by atoms with Crippen LogP contribution in [0.25, 0.3) is 0 Å². The van der Waals surface area contributed by atoms with Gasteiger partial charge in [0, 0.05) is 12.2 Å².